The van der Waals surface area contributed by atoms with Crippen LogP contribution in [0.5, 0.6) is 0 Å². The van der Waals surface area contributed by atoms with Crippen molar-refractivity contribution >= 4 is 39.3 Å². The van der Waals surface area contributed by atoms with Gasteiger partial charge < -0.3 is 14.5 Å². The number of aliphatic hydroxyl groups excluding tert-OH is 1. The quantitative estimate of drug-likeness (QED) is 0.0982. The number of pyridine rings is 2. The smallest absolute Gasteiger partial charge is 0.162 e. The second-order valence-corrected chi connectivity index (χ2v) is 10.6. The van der Waals surface area contributed by atoms with Crippen LogP contribution in [-0.4, -0.2) is 25.3 Å². The summed E-state index contributed by atoms with van der Waals surface area (Å²) in [5.41, 5.74) is 7.50. The maximum Gasteiger partial charge on any atom is 0.162 e. The molecule has 0 bridgehead atoms. The largest absolute Gasteiger partial charge is 0.512 e. The van der Waals surface area contributed by atoms with Gasteiger partial charge in [-0.2, -0.15) is 0 Å². The van der Waals surface area contributed by atoms with Gasteiger partial charge in [-0.3, -0.25) is 4.79 Å². The van der Waals surface area contributed by atoms with E-state index in [1.165, 1.54) is 28.0 Å². The number of hydrogen-bond donors (Lipinski definition) is 1. The summed E-state index contributed by atoms with van der Waals surface area (Å²) < 4.78 is 2.21. The molecule has 0 saturated heterocycles. The van der Waals surface area contributed by atoms with Gasteiger partial charge in [0.2, 0.25) is 0 Å². The number of nitrogens with zero attached hydrogens (tertiary/aromatic N) is 3. The molecule has 1 N–H and O–H groups in total. The Hall–Kier alpha value is -3.60. The van der Waals surface area contributed by atoms with E-state index >= 15 is 0 Å². The van der Waals surface area contributed by atoms with E-state index in [0.717, 1.165) is 60.0 Å². The summed E-state index contributed by atoms with van der Waals surface area (Å²) in [6, 6.07) is 19.7. The minimum atomic E-state index is 0. The molecular formula is C36H38IrN3O2-. The van der Waals surface area contributed by atoms with Gasteiger partial charge in [-0.15, -0.1) is 35.9 Å². The summed E-state index contributed by atoms with van der Waals surface area (Å²) in [7, 11) is 0. The number of carbonyl (C=O) groups excluding carboxylic acids is 1. The number of allylic oxidation sites excluding steroid dienone is 3. The van der Waals surface area contributed by atoms with Crippen LogP contribution in [0.15, 0.2) is 78.8 Å². The van der Waals surface area contributed by atoms with Crippen molar-refractivity contribution in [3.63, 3.8) is 0 Å². The number of carbonyl (C=O) groups is 1. The first kappa shape index (κ1) is 31.3. The van der Waals surface area contributed by atoms with Crippen LogP contribution in [0.3, 0.4) is 0 Å². The number of rotatable bonds is 8. The Kier molecular flexibility index (Phi) is 10.5. The Morgan fingerprint density at radius 2 is 1.79 bits per heavy atom. The van der Waals surface area contributed by atoms with Crippen LogP contribution in [0.1, 0.15) is 64.5 Å². The fourth-order valence-corrected chi connectivity index (χ4v) is 5.82. The number of aromatic nitrogens is 3. The van der Waals surface area contributed by atoms with Crippen LogP contribution in [0, 0.1) is 17.9 Å². The third-order valence-electron chi connectivity index (χ3n) is 8.22. The molecular weight excluding hydrogens is 699 g/mol. The van der Waals surface area contributed by atoms with Crippen molar-refractivity contribution in [2.45, 2.75) is 59.8 Å². The Labute approximate surface area is 261 Å². The third kappa shape index (κ3) is 6.11. The van der Waals surface area contributed by atoms with E-state index in [4.69, 9.17) is 4.98 Å². The predicted octanol–water partition coefficient (Wildman–Crippen LogP) is 8.94. The fraction of sp³-hybridized carbons (Fsp3) is 0.306. The van der Waals surface area contributed by atoms with Crippen molar-refractivity contribution < 1.29 is 30.0 Å². The molecule has 0 unspecified atom stereocenters. The van der Waals surface area contributed by atoms with Crippen molar-refractivity contribution in [3.05, 3.63) is 96.0 Å². The maximum atomic E-state index is 11.7. The Bertz CT molecular complexity index is 1750. The van der Waals surface area contributed by atoms with E-state index in [-0.39, 0.29) is 43.5 Å². The average Bonchev–Trinajstić information content (AvgIpc) is 3.38. The first-order chi connectivity index (χ1) is 20.0. The molecule has 0 aliphatic heterocycles. The molecule has 0 saturated carbocycles. The first-order valence-corrected chi connectivity index (χ1v) is 14.8. The zero-order valence-corrected chi connectivity index (χ0v) is 27.1. The molecule has 0 fully saturated rings. The predicted molar refractivity (Wildman–Crippen MR) is 169 cm³/mol. The van der Waals surface area contributed by atoms with Crippen molar-refractivity contribution in [1.29, 1.82) is 0 Å². The minimum Gasteiger partial charge on any atom is -0.512 e. The number of aliphatic hydroxyl groups is 1. The summed E-state index contributed by atoms with van der Waals surface area (Å²) in [5, 5.41) is 12.3. The molecule has 1 radical (unpaired) electrons. The van der Waals surface area contributed by atoms with E-state index in [1.54, 1.807) is 0 Å². The van der Waals surface area contributed by atoms with Crippen molar-refractivity contribution in [2.75, 3.05) is 0 Å². The van der Waals surface area contributed by atoms with Crippen molar-refractivity contribution in [1.82, 2.24) is 14.4 Å². The van der Waals surface area contributed by atoms with E-state index in [2.05, 4.69) is 52.0 Å². The molecule has 3 heterocycles. The molecule has 42 heavy (non-hydrogen) atoms. The summed E-state index contributed by atoms with van der Waals surface area (Å²) >= 11 is 0. The van der Waals surface area contributed by atoms with E-state index < -0.39 is 0 Å². The minimum absolute atomic E-state index is 0. The zero-order valence-electron chi connectivity index (χ0n) is 24.7. The van der Waals surface area contributed by atoms with Gasteiger partial charge in [0.1, 0.15) is 5.65 Å². The maximum absolute atomic E-state index is 11.7. The van der Waals surface area contributed by atoms with Crippen LogP contribution < -0.4 is 0 Å². The van der Waals surface area contributed by atoms with E-state index in [9.17, 15) is 9.90 Å². The Morgan fingerprint density at radius 3 is 2.48 bits per heavy atom. The molecule has 2 aromatic carbocycles. The van der Waals surface area contributed by atoms with E-state index in [0.29, 0.717) is 0 Å². The number of imidazole rings is 1. The van der Waals surface area contributed by atoms with Crippen LogP contribution in [0.4, 0.5) is 0 Å². The van der Waals surface area contributed by atoms with E-state index in [1.807, 2.05) is 64.2 Å². The van der Waals surface area contributed by atoms with Gasteiger partial charge in [0.15, 0.2) is 5.78 Å². The summed E-state index contributed by atoms with van der Waals surface area (Å²) in [4.78, 5) is 21.3. The van der Waals surface area contributed by atoms with Gasteiger partial charge in [0.25, 0.3) is 0 Å². The molecule has 3 aromatic heterocycles. The number of benzene rings is 2. The third-order valence-corrected chi connectivity index (χ3v) is 8.22. The van der Waals surface area contributed by atoms with Crippen LogP contribution in [0.25, 0.3) is 44.8 Å². The monoisotopic (exact) mass is 737 g/mol. The molecule has 5 aromatic rings. The van der Waals surface area contributed by atoms with Crippen molar-refractivity contribution in [3.8, 4) is 11.3 Å². The topological polar surface area (TPSA) is 67.5 Å². The first-order valence-electron chi connectivity index (χ1n) is 14.8. The normalized spacial score (nSPS) is 12.6. The Balaban J connectivity index is 0.000000221. The van der Waals surface area contributed by atoms with Gasteiger partial charge >= 0.3 is 0 Å². The number of ketones is 1. The molecule has 1 aliphatic rings. The molecule has 6 heteroatoms. The molecule has 0 amide bonds. The van der Waals surface area contributed by atoms with Crippen molar-refractivity contribution in [2.24, 2.45) is 11.8 Å². The molecule has 219 valence electrons. The van der Waals surface area contributed by atoms with Gasteiger partial charge in [-0.05, 0) is 54.7 Å². The van der Waals surface area contributed by atoms with Crippen LogP contribution >= 0.6 is 0 Å². The van der Waals surface area contributed by atoms with Crippen LogP contribution in [-0.2, 0) is 31.3 Å². The van der Waals surface area contributed by atoms with Gasteiger partial charge in [-0.1, -0.05) is 58.0 Å². The van der Waals surface area contributed by atoms with Crippen LogP contribution in [0.2, 0.25) is 0 Å². The standard InChI is InChI=1S/C23H14N3.C13H24O2.Ir/c1-2-6-16(7-3-1)21-22-19(12-13-24-21)25-23-18-11-5-9-15-8-4-10-17(20(15)18)14-26(22)23;1-5-10(6-2)12(14)9-13(15)11(7-3)8-4;/h1-6,8-9,11-14H,10H2;9-11,14H,5-8H2,1-4H3;/q-1;;/b;12-9-;. The molecule has 1 aliphatic carbocycles. The fourth-order valence-electron chi connectivity index (χ4n) is 5.82. The molecule has 0 atom stereocenters. The van der Waals surface area contributed by atoms with Gasteiger partial charge in [-0.25, -0.2) is 4.98 Å². The summed E-state index contributed by atoms with van der Waals surface area (Å²) in [6.07, 6.45) is 14.3. The molecule has 6 rings (SSSR count). The zero-order chi connectivity index (χ0) is 28.9. The SMILES string of the molecule is CCC(CC)C(=O)/C=C(\O)C(CC)CC.[Ir].[c-]1ccccc1-c1nccc2nc3c4cccc5c4c(cn3c12)CC=C5. The second-order valence-electron chi connectivity index (χ2n) is 10.6. The van der Waals surface area contributed by atoms with Gasteiger partial charge in [0, 0.05) is 61.5 Å². The summed E-state index contributed by atoms with van der Waals surface area (Å²) in [5.74, 6) is 0.547. The number of fused-ring (bicyclic) bond motifs is 4. The average molecular weight is 737 g/mol. The number of hydrogen-bond acceptors (Lipinski definition) is 4. The second kappa shape index (κ2) is 14.0. The Morgan fingerprint density at radius 1 is 1.02 bits per heavy atom. The van der Waals surface area contributed by atoms with Gasteiger partial charge in [0.05, 0.1) is 16.8 Å². The molecule has 5 nitrogen and oxygen atoms in total. The molecule has 0 spiro atoms. The summed E-state index contributed by atoms with van der Waals surface area (Å²) in [6.45, 7) is 8.07.